The van der Waals surface area contributed by atoms with Crippen LogP contribution in [0, 0.1) is 0 Å². The van der Waals surface area contributed by atoms with Crippen LogP contribution in [0.1, 0.15) is 13.8 Å². The molecule has 0 bridgehead atoms. The first kappa shape index (κ1) is 14.0. The van der Waals surface area contributed by atoms with Crippen LogP contribution in [-0.4, -0.2) is 20.9 Å². The number of rotatable bonds is 5. The minimum absolute atomic E-state index is 0.558. The minimum Gasteiger partial charge on any atom is -0.323 e. The number of aromatic amines is 1. The molecule has 0 atom stereocenters. The minimum atomic E-state index is 0.558. The fourth-order valence-electron chi connectivity index (χ4n) is 1.30. The van der Waals surface area contributed by atoms with Crippen LogP contribution >= 0.6 is 23.4 Å². The molecule has 0 amide bonds. The molecule has 0 aliphatic heterocycles. The Morgan fingerprint density at radius 2 is 2.16 bits per heavy atom. The largest absolute Gasteiger partial charge is 0.323 e. The van der Waals surface area contributed by atoms with Gasteiger partial charge in [-0.25, -0.2) is 0 Å². The molecular weight excluding hydrogens is 280 g/mol. The van der Waals surface area contributed by atoms with Gasteiger partial charge >= 0.3 is 0 Å². The standard InChI is InChI=1S/C13H15ClN4S/c1-3-9(2)8-19-13-16-12(17-18-13)15-11-6-4-10(14)5-7-11/h3-7H,8H2,1-2H3,(H2,15,16,17,18). The van der Waals surface area contributed by atoms with Crippen LogP contribution in [0.4, 0.5) is 11.6 Å². The van der Waals surface area contributed by atoms with E-state index in [0.717, 1.165) is 16.6 Å². The number of thioether (sulfide) groups is 1. The summed E-state index contributed by atoms with van der Waals surface area (Å²) < 4.78 is 0. The molecule has 2 N–H and O–H groups in total. The van der Waals surface area contributed by atoms with Gasteiger partial charge in [0.2, 0.25) is 5.95 Å². The van der Waals surface area contributed by atoms with E-state index < -0.39 is 0 Å². The quantitative estimate of drug-likeness (QED) is 0.639. The van der Waals surface area contributed by atoms with Crippen molar-refractivity contribution in [2.24, 2.45) is 0 Å². The number of hydrogen-bond acceptors (Lipinski definition) is 4. The second kappa shape index (κ2) is 6.63. The number of anilines is 2. The van der Waals surface area contributed by atoms with Crippen LogP contribution in [0.25, 0.3) is 0 Å². The fourth-order valence-corrected chi connectivity index (χ4v) is 2.21. The van der Waals surface area contributed by atoms with Crippen molar-refractivity contribution in [1.82, 2.24) is 15.2 Å². The highest BCUT2D eigenvalue weighted by Crippen LogP contribution is 2.20. The Bertz CT molecular complexity index is 562. The van der Waals surface area contributed by atoms with Crippen LogP contribution in [0.3, 0.4) is 0 Å². The van der Waals surface area contributed by atoms with Gasteiger partial charge in [0.1, 0.15) is 0 Å². The average Bonchev–Trinajstić information content (AvgIpc) is 2.86. The topological polar surface area (TPSA) is 53.6 Å². The van der Waals surface area contributed by atoms with Crippen molar-refractivity contribution in [2.45, 2.75) is 19.0 Å². The summed E-state index contributed by atoms with van der Waals surface area (Å²) in [6, 6.07) is 7.41. The molecule has 6 heteroatoms. The summed E-state index contributed by atoms with van der Waals surface area (Å²) in [5.41, 5.74) is 2.22. The normalized spacial score (nSPS) is 11.6. The zero-order valence-electron chi connectivity index (χ0n) is 10.8. The first-order chi connectivity index (χ1) is 9.17. The van der Waals surface area contributed by atoms with E-state index in [1.54, 1.807) is 11.8 Å². The zero-order valence-corrected chi connectivity index (χ0v) is 12.3. The van der Waals surface area contributed by atoms with E-state index in [1.807, 2.05) is 31.2 Å². The first-order valence-electron chi connectivity index (χ1n) is 5.87. The SMILES string of the molecule is CC=C(C)CSc1nc(Nc2ccc(Cl)cc2)n[nH]1. The number of hydrogen-bond donors (Lipinski definition) is 2. The van der Waals surface area contributed by atoms with Gasteiger partial charge in [0, 0.05) is 16.5 Å². The Morgan fingerprint density at radius 1 is 1.42 bits per heavy atom. The number of nitrogens with zero attached hydrogens (tertiary/aromatic N) is 2. The highest BCUT2D eigenvalue weighted by Gasteiger charge is 2.04. The smallest absolute Gasteiger partial charge is 0.247 e. The van der Waals surface area contributed by atoms with Crippen LogP contribution in [0.15, 0.2) is 41.1 Å². The molecular formula is C13H15ClN4S. The van der Waals surface area contributed by atoms with Crippen LogP contribution in [0.5, 0.6) is 0 Å². The maximum atomic E-state index is 5.83. The Balaban J connectivity index is 1.95. The fraction of sp³-hybridized carbons (Fsp3) is 0.231. The van der Waals surface area contributed by atoms with E-state index >= 15 is 0 Å². The monoisotopic (exact) mass is 294 g/mol. The summed E-state index contributed by atoms with van der Waals surface area (Å²) in [6.07, 6.45) is 2.09. The first-order valence-corrected chi connectivity index (χ1v) is 7.23. The van der Waals surface area contributed by atoms with E-state index in [9.17, 15) is 0 Å². The zero-order chi connectivity index (χ0) is 13.7. The van der Waals surface area contributed by atoms with Gasteiger partial charge in [0.05, 0.1) is 0 Å². The Kier molecular flexibility index (Phi) is 4.87. The van der Waals surface area contributed by atoms with Crippen molar-refractivity contribution >= 4 is 35.0 Å². The maximum Gasteiger partial charge on any atom is 0.247 e. The van der Waals surface area contributed by atoms with Gasteiger partial charge in [-0.1, -0.05) is 35.0 Å². The molecule has 100 valence electrons. The van der Waals surface area contributed by atoms with Crippen molar-refractivity contribution in [2.75, 3.05) is 11.1 Å². The van der Waals surface area contributed by atoms with Crippen LogP contribution < -0.4 is 5.32 Å². The predicted octanol–water partition coefficient (Wildman–Crippen LogP) is 4.26. The summed E-state index contributed by atoms with van der Waals surface area (Å²) in [7, 11) is 0. The molecule has 1 heterocycles. The van der Waals surface area contributed by atoms with E-state index in [0.29, 0.717) is 11.0 Å². The van der Waals surface area contributed by atoms with E-state index in [2.05, 4.69) is 33.5 Å². The Labute approximate surface area is 121 Å². The van der Waals surface area contributed by atoms with E-state index in [-0.39, 0.29) is 0 Å². The molecule has 19 heavy (non-hydrogen) atoms. The third kappa shape index (κ3) is 4.29. The third-order valence-corrected chi connectivity index (χ3v) is 3.80. The van der Waals surface area contributed by atoms with Gasteiger partial charge < -0.3 is 5.32 Å². The average molecular weight is 295 g/mol. The molecule has 2 aromatic rings. The van der Waals surface area contributed by atoms with Crippen LogP contribution in [-0.2, 0) is 0 Å². The summed E-state index contributed by atoms with van der Waals surface area (Å²) in [6.45, 7) is 4.13. The highest BCUT2D eigenvalue weighted by molar-refractivity contribution is 7.99. The predicted molar refractivity (Wildman–Crippen MR) is 81.3 cm³/mol. The number of aromatic nitrogens is 3. The number of nitrogens with one attached hydrogen (secondary N) is 2. The van der Waals surface area contributed by atoms with Crippen molar-refractivity contribution in [3.05, 3.63) is 40.9 Å². The lowest BCUT2D eigenvalue weighted by Crippen LogP contribution is -1.91. The molecule has 0 spiro atoms. The molecule has 4 nitrogen and oxygen atoms in total. The molecule has 0 fully saturated rings. The van der Waals surface area contributed by atoms with Crippen molar-refractivity contribution in [1.29, 1.82) is 0 Å². The lowest BCUT2D eigenvalue weighted by molar-refractivity contribution is 0.974. The summed E-state index contributed by atoms with van der Waals surface area (Å²) in [5, 5.41) is 11.6. The van der Waals surface area contributed by atoms with Crippen molar-refractivity contribution < 1.29 is 0 Å². The number of H-pyrrole nitrogens is 1. The molecule has 0 saturated heterocycles. The van der Waals surface area contributed by atoms with Crippen molar-refractivity contribution in [3.8, 4) is 0 Å². The van der Waals surface area contributed by atoms with Crippen molar-refractivity contribution in [3.63, 3.8) is 0 Å². The maximum absolute atomic E-state index is 5.83. The van der Waals surface area contributed by atoms with Gasteiger partial charge in [0.25, 0.3) is 0 Å². The molecule has 1 aromatic heterocycles. The Hall–Kier alpha value is -1.46. The molecule has 0 aliphatic carbocycles. The lowest BCUT2D eigenvalue weighted by Gasteiger charge is -2.00. The highest BCUT2D eigenvalue weighted by atomic mass is 35.5. The van der Waals surface area contributed by atoms with Gasteiger partial charge in [-0.15, -0.1) is 5.10 Å². The van der Waals surface area contributed by atoms with Gasteiger partial charge in [-0.3, -0.25) is 5.10 Å². The summed E-state index contributed by atoms with van der Waals surface area (Å²) >= 11 is 7.46. The molecule has 2 rings (SSSR count). The number of benzene rings is 1. The summed E-state index contributed by atoms with van der Waals surface area (Å²) in [5.74, 6) is 1.47. The summed E-state index contributed by atoms with van der Waals surface area (Å²) in [4.78, 5) is 4.36. The van der Waals surface area contributed by atoms with E-state index in [4.69, 9.17) is 11.6 Å². The second-order valence-electron chi connectivity index (χ2n) is 4.02. The molecule has 0 saturated carbocycles. The molecule has 1 aromatic carbocycles. The number of halogens is 1. The van der Waals surface area contributed by atoms with Gasteiger partial charge in [-0.2, -0.15) is 4.98 Å². The Morgan fingerprint density at radius 3 is 2.84 bits per heavy atom. The molecule has 0 radical (unpaired) electrons. The molecule has 0 unspecified atom stereocenters. The van der Waals surface area contributed by atoms with E-state index in [1.165, 1.54) is 5.57 Å². The van der Waals surface area contributed by atoms with Gasteiger partial charge in [0.15, 0.2) is 5.16 Å². The lowest BCUT2D eigenvalue weighted by atomic mass is 10.3. The second-order valence-corrected chi connectivity index (χ2v) is 5.42. The van der Waals surface area contributed by atoms with Crippen LogP contribution in [0.2, 0.25) is 5.02 Å². The number of allylic oxidation sites excluding steroid dienone is 1. The molecule has 0 aliphatic rings. The van der Waals surface area contributed by atoms with Gasteiger partial charge in [-0.05, 0) is 38.1 Å². The third-order valence-electron chi connectivity index (χ3n) is 2.49.